The molecule has 0 aliphatic heterocycles. The zero-order chi connectivity index (χ0) is 21.5. The van der Waals surface area contributed by atoms with Gasteiger partial charge in [-0.15, -0.1) is 0 Å². The van der Waals surface area contributed by atoms with Crippen molar-refractivity contribution in [2.75, 3.05) is 5.32 Å². The molecule has 4 rings (SSSR count). The van der Waals surface area contributed by atoms with E-state index in [2.05, 4.69) is 10.4 Å². The molecule has 2 saturated carbocycles. The molecule has 1 amide bonds. The number of anilines is 1. The molecule has 1 aromatic carbocycles. The number of aryl methyl sites for hydroxylation is 3. The molecule has 4 nitrogen and oxygen atoms in total. The van der Waals surface area contributed by atoms with Crippen LogP contribution < -0.4 is 5.32 Å². The van der Waals surface area contributed by atoms with E-state index >= 15 is 0 Å². The number of hydrogen-bond acceptors (Lipinski definition) is 2. The van der Waals surface area contributed by atoms with Crippen LogP contribution in [0.5, 0.6) is 0 Å². The fourth-order valence-corrected chi connectivity index (χ4v) is 4.31. The third-order valence-electron chi connectivity index (χ3n) is 6.36. The molecule has 1 aromatic heterocycles. The molecular weight excluding hydrogens is 398 g/mol. The Balaban J connectivity index is 1.48. The van der Waals surface area contributed by atoms with E-state index in [1.165, 1.54) is 5.56 Å². The average Bonchev–Trinajstić information content (AvgIpc) is 2.94. The lowest BCUT2D eigenvalue weighted by atomic mass is 9.74. The minimum absolute atomic E-state index is 0.272. The van der Waals surface area contributed by atoms with Crippen molar-refractivity contribution in [3.63, 3.8) is 0 Å². The van der Waals surface area contributed by atoms with E-state index in [4.69, 9.17) is 0 Å². The second-order valence-corrected chi connectivity index (χ2v) is 8.43. The Kier molecular flexibility index (Phi) is 5.36. The fraction of sp³-hybridized carbons (Fsp3) is 0.545. The quantitative estimate of drug-likeness (QED) is 0.631. The van der Waals surface area contributed by atoms with Gasteiger partial charge in [0.15, 0.2) is 0 Å². The minimum Gasteiger partial charge on any atom is -0.311 e. The number of nitrogens with one attached hydrogen (secondary N) is 1. The summed E-state index contributed by atoms with van der Waals surface area (Å²) in [5.41, 5.74) is 3.03. The second-order valence-electron chi connectivity index (χ2n) is 8.43. The molecule has 0 saturated heterocycles. The number of halogens is 4. The van der Waals surface area contributed by atoms with Crippen molar-refractivity contribution in [3.8, 4) is 0 Å². The predicted octanol–water partition coefficient (Wildman–Crippen LogP) is 5.09. The lowest BCUT2D eigenvalue weighted by Gasteiger charge is -2.43. The van der Waals surface area contributed by atoms with Crippen molar-refractivity contribution in [1.82, 2.24) is 9.78 Å². The van der Waals surface area contributed by atoms with Gasteiger partial charge in [0.05, 0.1) is 5.69 Å². The van der Waals surface area contributed by atoms with Crippen LogP contribution in [0, 0.1) is 5.92 Å². The number of nitrogens with zero attached hydrogens (tertiary/aromatic N) is 2. The molecule has 0 bridgehead atoms. The summed E-state index contributed by atoms with van der Waals surface area (Å²) in [6, 6.07) is 10.0. The third-order valence-corrected chi connectivity index (χ3v) is 6.36. The van der Waals surface area contributed by atoms with Crippen LogP contribution in [-0.4, -0.2) is 27.5 Å². The first-order valence-corrected chi connectivity index (χ1v) is 10.3. The summed E-state index contributed by atoms with van der Waals surface area (Å²) < 4.78 is 54.8. The van der Waals surface area contributed by atoms with Crippen molar-refractivity contribution >= 4 is 11.7 Å². The number of hydrogen-bond donors (Lipinski definition) is 1. The third kappa shape index (κ3) is 3.72. The highest BCUT2D eigenvalue weighted by Crippen LogP contribution is 2.56. The van der Waals surface area contributed by atoms with Gasteiger partial charge in [-0.25, -0.2) is 0 Å². The Labute approximate surface area is 172 Å². The van der Waals surface area contributed by atoms with Gasteiger partial charge in [0.2, 0.25) is 5.91 Å². The molecule has 1 atom stereocenters. The standard InChI is InChI=1S/C22H25F4N3O/c1-29-20(27-18(30)12-16-13-21(23,24)22(16,25)26)19(15-8-5-9-15)17(28-29)11-10-14-6-3-2-4-7-14/h2-4,6-7,15-16H,5,8-13H2,1H3,(H,27,30)/t16-/m1/s1. The van der Waals surface area contributed by atoms with E-state index in [9.17, 15) is 22.4 Å². The molecule has 1 heterocycles. The molecule has 2 aliphatic carbocycles. The van der Waals surface area contributed by atoms with Gasteiger partial charge in [0.1, 0.15) is 5.82 Å². The van der Waals surface area contributed by atoms with E-state index in [0.717, 1.165) is 36.9 Å². The molecular formula is C22H25F4N3O. The average molecular weight is 423 g/mol. The van der Waals surface area contributed by atoms with Gasteiger partial charge in [-0.2, -0.15) is 22.7 Å². The van der Waals surface area contributed by atoms with Gasteiger partial charge in [0, 0.05) is 31.4 Å². The minimum atomic E-state index is -4.13. The maximum atomic E-state index is 13.5. The molecule has 2 aliphatic rings. The Morgan fingerprint density at radius 1 is 1.17 bits per heavy atom. The number of alkyl halides is 4. The summed E-state index contributed by atoms with van der Waals surface area (Å²) >= 11 is 0. The van der Waals surface area contributed by atoms with E-state index in [1.807, 2.05) is 30.3 Å². The van der Waals surface area contributed by atoms with Crippen LogP contribution in [-0.2, 0) is 24.7 Å². The van der Waals surface area contributed by atoms with Crippen molar-refractivity contribution in [2.45, 2.75) is 62.7 Å². The van der Waals surface area contributed by atoms with Gasteiger partial charge >= 0.3 is 11.8 Å². The molecule has 162 valence electrons. The SMILES string of the molecule is Cn1nc(CCc2ccccc2)c(C2CCC2)c1NC(=O)C[C@@H]1CC(F)(F)C1(F)F. The lowest BCUT2D eigenvalue weighted by Crippen LogP contribution is -2.59. The number of carbonyl (C=O) groups is 1. The van der Waals surface area contributed by atoms with E-state index < -0.39 is 36.5 Å². The predicted molar refractivity (Wildman–Crippen MR) is 105 cm³/mol. The first-order chi connectivity index (χ1) is 14.2. The molecule has 1 N–H and O–H groups in total. The zero-order valence-corrected chi connectivity index (χ0v) is 16.8. The summed E-state index contributed by atoms with van der Waals surface area (Å²) in [6.45, 7) is 0. The van der Waals surface area contributed by atoms with Crippen LogP contribution >= 0.6 is 0 Å². The van der Waals surface area contributed by atoms with Crippen molar-refractivity contribution in [2.24, 2.45) is 13.0 Å². The number of benzene rings is 1. The molecule has 0 radical (unpaired) electrons. The second kappa shape index (κ2) is 7.71. The van der Waals surface area contributed by atoms with E-state index in [-0.39, 0.29) is 5.92 Å². The van der Waals surface area contributed by atoms with Gasteiger partial charge in [-0.3, -0.25) is 9.48 Å². The Morgan fingerprint density at radius 2 is 1.87 bits per heavy atom. The molecule has 30 heavy (non-hydrogen) atoms. The highest BCUT2D eigenvalue weighted by Gasteiger charge is 2.71. The van der Waals surface area contributed by atoms with Gasteiger partial charge in [0.25, 0.3) is 0 Å². The molecule has 0 spiro atoms. The normalized spacial score (nSPS) is 22.2. The van der Waals surface area contributed by atoms with Gasteiger partial charge < -0.3 is 5.32 Å². The Hall–Kier alpha value is -2.38. The van der Waals surface area contributed by atoms with Gasteiger partial charge in [-0.05, 0) is 37.2 Å². The van der Waals surface area contributed by atoms with Crippen LogP contribution in [0.3, 0.4) is 0 Å². The van der Waals surface area contributed by atoms with Crippen LogP contribution in [0.25, 0.3) is 0 Å². The largest absolute Gasteiger partial charge is 0.313 e. The molecule has 0 unspecified atom stereocenters. The summed E-state index contributed by atoms with van der Waals surface area (Å²) in [7, 11) is 1.70. The van der Waals surface area contributed by atoms with Crippen LogP contribution in [0.1, 0.15) is 54.8 Å². The monoisotopic (exact) mass is 423 g/mol. The van der Waals surface area contributed by atoms with Crippen LogP contribution in [0.15, 0.2) is 30.3 Å². The Morgan fingerprint density at radius 3 is 2.43 bits per heavy atom. The molecule has 8 heteroatoms. The van der Waals surface area contributed by atoms with Crippen molar-refractivity contribution in [1.29, 1.82) is 0 Å². The number of amides is 1. The first-order valence-electron chi connectivity index (χ1n) is 10.3. The maximum Gasteiger partial charge on any atom is 0.313 e. The number of aromatic nitrogens is 2. The van der Waals surface area contributed by atoms with E-state index in [0.29, 0.717) is 12.2 Å². The highest BCUT2D eigenvalue weighted by molar-refractivity contribution is 5.91. The number of carbonyl (C=O) groups excluding carboxylic acids is 1. The van der Waals surface area contributed by atoms with E-state index in [1.54, 1.807) is 11.7 Å². The van der Waals surface area contributed by atoms with Gasteiger partial charge in [-0.1, -0.05) is 36.8 Å². The maximum absolute atomic E-state index is 13.5. The van der Waals surface area contributed by atoms with Crippen LogP contribution in [0.2, 0.25) is 0 Å². The van der Waals surface area contributed by atoms with Crippen molar-refractivity contribution < 1.29 is 22.4 Å². The molecule has 2 aromatic rings. The number of rotatable bonds is 7. The lowest BCUT2D eigenvalue weighted by molar-refractivity contribution is -0.313. The summed E-state index contributed by atoms with van der Waals surface area (Å²) in [4.78, 5) is 12.4. The Bertz CT molecular complexity index is 922. The topological polar surface area (TPSA) is 46.9 Å². The summed E-state index contributed by atoms with van der Waals surface area (Å²) in [6.07, 6.45) is 2.97. The fourth-order valence-electron chi connectivity index (χ4n) is 4.31. The smallest absolute Gasteiger partial charge is 0.311 e. The van der Waals surface area contributed by atoms with Crippen molar-refractivity contribution in [3.05, 3.63) is 47.2 Å². The van der Waals surface area contributed by atoms with Crippen LogP contribution in [0.4, 0.5) is 23.4 Å². The summed E-state index contributed by atoms with van der Waals surface area (Å²) in [5.74, 6) is -9.68. The highest BCUT2D eigenvalue weighted by atomic mass is 19.3. The summed E-state index contributed by atoms with van der Waals surface area (Å²) in [5, 5.41) is 7.27. The molecule has 2 fully saturated rings. The first kappa shape index (κ1) is 20.9. The zero-order valence-electron chi connectivity index (χ0n) is 16.8.